The van der Waals surface area contributed by atoms with E-state index in [-0.39, 0.29) is 0 Å². The number of nitrogen functional groups attached to an aromatic ring is 1. The third-order valence-electron chi connectivity index (χ3n) is 2.04. The van der Waals surface area contributed by atoms with Crippen molar-refractivity contribution >= 4 is 5.69 Å². The molecule has 0 unspecified atom stereocenters. The van der Waals surface area contributed by atoms with Gasteiger partial charge >= 0.3 is 0 Å². The molecule has 4 nitrogen and oxygen atoms in total. The van der Waals surface area contributed by atoms with Gasteiger partial charge in [0.1, 0.15) is 12.7 Å². The van der Waals surface area contributed by atoms with Crippen LogP contribution in [-0.4, -0.2) is 14.8 Å². The van der Waals surface area contributed by atoms with Gasteiger partial charge in [-0.05, 0) is 24.6 Å². The van der Waals surface area contributed by atoms with Crippen molar-refractivity contribution in [2.45, 2.75) is 6.92 Å². The summed E-state index contributed by atoms with van der Waals surface area (Å²) in [7, 11) is 0. The molecule has 0 radical (unpaired) electrons. The number of hydrogen-bond acceptors (Lipinski definition) is 3. The van der Waals surface area contributed by atoms with E-state index in [9.17, 15) is 0 Å². The summed E-state index contributed by atoms with van der Waals surface area (Å²) in [6.07, 6.45) is 3.31. The first-order valence-electron chi connectivity index (χ1n) is 3.99. The average molecular weight is 174 g/mol. The Hall–Kier alpha value is -1.84. The van der Waals surface area contributed by atoms with Crippen molar-refractivity contribution < 1.29 is 0 Å². The van der Waals surface area contributed by atoms with Crippen molar-refractivity contribution in [1.29, 1.82) is 0 Å². The first-order valence-corrected chi connectivity index (χ1v) is 3.99. The molecular weight excluding hydrogens is 164 g/mol. The zero-order valence-corrected chi connectivity index (χ0v) is 7.31. The Balaban J connectivity index is 2.59. The Morgan fingerprint density at radius 1 is 1.23 bits per heavy atom. The summed E-state index contributed by atoms with van der Waals surface area (Å²) in [6, 6.07) is 5.77. The number of benzene rings is 1. The highest BCUT2D eigenvalue weighted by atomic mass is 15.2. The maximum atomic E-state index is 5.77. The van der Waals surface area contributed by atoms with Crippen molar-refractivity contribution in [2.75, 3.05) is 5.73 Å². The van der Waals surface area contributed by atoms with E-state index in [0.717, 1.165) is 16.9 Å². The Labute approximate surface area is 76.0 Å². The fraction of sp³-hybridized carbons (Fsp3) is 0.111. The van der Waals surface area contributed by atoms with E-state index >= 15 is 0 Å². The second-order valence-corrected chi connectivity index (χ2v) is 2.86. The normalized spacial score (nSPS) is 10.2. The lowest BCUT2D eigenvalue weighted by atomic mass is 10.1. The standard InChI is InChI=1S/C9H10N4/c1-7-8(10)3-2-4-9(7)13-5-11-12-6-13/h2-6H,10H2,1H3. The topological polar surface area (TPSA) is 56.7 Å². The number of nitrogens with two attached hydrogens (primary N) is 1. The van der Waals surface area contributed by atoms with E-state index < -0.39 is 0 Å². The van der Waals surface area contributed by atoms with Gasteiger partial charge in [0.2, 0.25) is 0 Å². The molecule has 0 aliphatic heterocycles. The van der Waals surface area contributed by atoms with Crippen LogP contribution in [0.15, 0.2) is 30.9 Å². The Kier molecular flexibility index (Phi) is 1.73. The first kappa shape index (κ1) is 7.79. The summed E-state index contributed by atoms with van der Waals surface area (Å²) < 4.78 is 1.84. The van der Waals surface area contributed by atoms with Gasteiger partial charge < -0.3 is 5.73 Å². The van der Waals surface area contributed by atoms with Crippen LogP contribution in [0.4, 0.5) is 5.69 Å². The predicted octanol–water partition coefficient (Wildman–Crippen LogP) is 1.16. The molecule has 13 heavy (non-hydrogen) atoms. The van der Waals surface area contributed by atoms with Crippen LogP contribution in [0.3, 0.4) is 0 Å². The molecule has 2 rings (SSSR count). The fourth-order valence-electron chi connectivity index (χ4n) is 1.25. The molecule has 66 valence electrons. The van der Waals surface area contributed by atoms with E-state index in [1.807, 2.05) is 29.7 Å². The van der Waals surface area contributed by atoms with Crippen LogP contribution >= 0.6 is 0 Å². The molecule has 0 saturated carbocycles. The molecule has 0 aliphatic rings. The van der Waals surface area contributed by atoms with Gasteiger partial charge in [-0.1, -0.05) is 6.07 Å². The zero-order valence-electron chi connectivity index (χ0n) is 7.31. The number of rotatable bonds is 1. The van der Waals surface area contributed by atoms with Crippen molar-refractivity contribution in [1.82, 2.24) is 14.8 Å². The highest BCUT2D eigenvalue weighted by Crippen LogP contribution is 2.18. The van der Waals surface area contributed by atoms with Gasteiger partial charge in [-0.25, -0.2) is 0 Å². The van der Waals surface area contributed by atoms with E-state index in [0.29, 0.717) is 0 Å². The number of hydrogen-bond donors (Lipinski definition) is 1. The maximum absolute atomic E-state index is 5.77. The molecule has 0 aliphatic carbocycles. The minimum absolute atomic E-state index is 0.784. The van der Waals surface area contributed by atoms with Crippen LogP contribution in [-0.2, 0) is 0 Å². The van der Waals surface area contributed by atoms with E-state index in [4.69, 9.17) is 5.73 Å². The Morgan fingerprint density at radius 3 is 2.62 bits per heavy atom. The largest absolute Gasteiger partial charge is 0.398 e. The molecule has 0 amide bonds. The van der Waals surface area contributed by atoms with E-state index in [1.165, 1.54) is 0 Å². The Morgan fingerprint density at radius 2 is 1.92 bits per heavy atom. The maximum Gasteiger partial charge on any atom is 0.123 e. The molecule has 0 spiro atoms. The third-order valence-corrected chi connectivity index (χ3v) is 2.04. The summed E-state index contributed by atoms with van der Waals surface area (Å²) >= 11 is 0. The van der Waals surface area contributed by atoms with Gasteiger partial charge in [0.05, 0.1) is 5.69 Å². The van der Waals surface area contributed by atoms with Gasteiger partial charge in [-0.3, -0.25) is 4.57 Å². The number of anilines is 1. The Bertz CT molecular complexity index is 406. The fourth-order valence-corrected chi connectivity index (χ4v) is 1.25. The van der Waals surface area contributed by atoms with Gasteiger partial charge in [0, 0.05) is 5.69 Å². The van der Waals surface area contributed by atoms with Crippen LogP contribution in [0.1, 0.15) is 5.56 Å². The molecule has 1 aromatic heterocycles. The highest BCUT2D eigenvalue weighted by Gasteiger charge is 2.02. The highest BCUT2D eigenvalue weighted by molar-refractivity contribution is 5.56. The molecular formula is C9H10N4. The number of aromatic nitrogens is 3. The summed E-state index contributed by atoms with van der Waals surface area (Å²) in [4.78, 5) is 0. The van der Waals surface area contributed by atoms with E-state index in [1.54, 1.807) is 12.7 Å². The lowest BCUT2D eigenvalue weighted by molar-refractivity contribution is 1.04. The predicted molar refractivity (Wildman–Crippen MR) is 50.5 cm³/mol. The van der Waals surface area contributed by atoms with E-state index in [2.05, 4.69) is 10.2 Å². The van der Waals surface area contributed by atoms with Gasteiger partial charge in [0.25, 0.3) is 0 Å². The molecule has 2 aromatic rings. The minimum atomic E-state index is 0.784. The summed E-state index contributed by atoms with van der Waals surface area (Å²) in [5.74, 6) is 0. The van der Waals surface area contributed by atoms with Crippen LogP contribution < -0.4 is 5.73 Å². The van der Waals surface area contributed by atoms with Crippen molar-refractivity contribution in [2.24, 2.45) is 0 Å². The lowest BCUT2D eigenvalue weighted by Crippen LogP contribution is -1.97. The molecule has 2 N–H and O–H groups in total. The van der Waals surface area contributed by atoms with Crippen LogP contribution in [0.5, 0.6) is 0 Å². The molecule has 0 saturated heterocycles. The molecule has 0 atom stereocenters. The molecule has 1 heterocycles. The summed E-state index contributed by atoms with van der Waals surface area (Å²) in [6.45, 7) is 1.98. The molecule has 0 bridgehead atoms. The molecule has 1 aromatic carbocycles. The second kappa shape index (κ2) is 2.90. The lowest BCUT2D eigenvalue weighted by Gasteiger charge is -2.07. The molecule has 4 heteroatoms. The van der Waals surface area contributed by atoms with Crippen LogP contribution in [0.25, 0.3) is 5.69 Å². The van der Waals surface area contributed by atoms with Crippen molar-refractivity contribution in [3.63, 3.8) is 0 Å². The van der Waals surface area contributed by atoms with Crippen molar-refractivity contribution in [3.8, 4) is 5.69 Å². The zero-order chi connectivity index (χ0) is 9.26. The third kappa shape index (κ3) is 1.26. The van der Waals surface area contributed by atoms with Crippen LogP contribution in [0.2, 0.25) is 0 Å². The second-order valence-electron chi connectivity index (χ2n) is 2.86. The summed E-state index contributed by atoms with van der Waals surface area (Å²) in [5, 5.41) is 7.48. The monoisotopic (exact) mass is 174 g/mol. The van der Waals surface area contributed by atoms with Crippen molar-refractivity contribution in [3.05, 3.63) is 36.4 Å². The quantitative estimate of drug-likeness (QED) is 0.660. The first-order chi connectivity index (χ1) is 6.29. The van der Waals surface area contributed by atoms with Gasteiger partial charge in [-0.2, -0.15) is 0 Å². The number of nitrogens with zero attached hydrogens (tertiary/aromatic N) is 3. The summed E-state index contributed by atoms with van der Waals surface area (Å²) in [5.41, 5.74) is 8.62. The minimum Gasteiger partial charge on any atom is -0.398 e. The van der Waals surface area contributed by atoms with Gasteiger partial charge in [0.15, 0.2) is 0 Å². The van der Waals surface area contributed by atoms with Gasteiger partial charge in [-0.15, -0.1) is 10.2 Å². The average Bonchev–Trinajstić information content (AvgIpc) is 2.62. The molecule has 0 fully saturated rings. The smallest absolute Gasteiger partial charge is 0.123 e. The van der Waals surface area contributed by atoms with Crippen LogP contribution in [0, 0.1) is 6.92 Å². The SMILES string of the molecule is Cc1c(N)cccc1-n1cnnc1.